The van der Waals surface area contributed by atoms with Gasteiger partial charge in [0.1, 0.15) is 0 Å². The van der Waals surface area contributed by atoms with Gasteiger partial charge < -0.3 is 4.90 Å². The van der Waals surface area contributed by atoms with Crippen molar-refractivity contribution in [3.05, 3.63) is 47.3 Å². The van der Waals surface area contributed by atoms with Gasteiger partial charge in [0.2, 0.25) is 0 Å². The van der Waals surface area contributed by atoms with Gasteiger partial charge in [0.05, 0.1) is 11.4 Å². The Balaban J connectivity index is 1.79. The summed E-state index contributed by atoms with van der Waals surface area (Å²) in [7, 11) is 1.90. The second-order valence-electron chi connectivity index (χ2n) is 6.38. The number of carbonyl (C=O) groups excluding carboxylic acids is 1. The number of carbonyl (C=O) groups is 1. The van der Waals surface area contributed by atoms with E-state index in [0.29, 0.717) is 12.0 Å². The molecule has 4 nitrogen and oxygen atoms in total. The average Bonchev–Trinajstić information content (AvgIpc) is 3.30. The molecule has 0 N–H and O–H groups in total. The minimum atomic E-state index is 0.0966. The van der Waals surface area contributed by atoms with Crippen LogP contribution < -0.4 is 0 Å². The number of benzene rings is 1. The third-order valence-electron chi connectivity index (χ3n) is 4.60. The summed E-state index contributed by atoms with van der Waals surface area (Å²) >= 11 is 0. The fraction of sp³-hybridized carbons (Fsp3) is 0.444. The summed E-state index contributed by atoms with van der Waals surface area (Å²) < 4.78 is 1.90. The average molecular weight is 297 g/mol. The quantitative estimate of drug-likeness (QED) is 0.868. The minimum absolute atomic E-state index is 0.0966. The van der Waals surface area contributed by atoms with E-state index in [1.165, 1.54) is 12.8 Å². The molecule has 1 amide bonds. The molecule has 1 aromatic carbocycles. The Hall–Kier alpha value is -2.10. The predicted octanol–water partition coefficient (Wildman–Crippen LogP) is 3.36. The fourth-order valence-electron chi connectivity index (χ4n) is 2.92. The molecule has 1 atom stereocenters. The van der Waals surface area contributed by atoms with E-state index in [-0.39, 0.29) is 5.91 Å². The van der Waals surface area contributed by atoms with Crippen LogP contribution in [0.25, 0.3) is 5.69 Å². The summed E-state index contributed by atoms with van der Waals surface area (Å²) in [6, 6.07) is 10.1. The van der Waals surface area contributed by atoms with Gasteiger partial charge in [-0.15, -0.1) is 0 Å². The van der Waals surface area contributed by atoms with Crippen molar-refractivity contribution < 1.29 is 4.79 Å². The molecule has 1 aliphatic rings. The molecule has 1 aromatic heterocycles. The second kappa shape index (κ2) is 5.59. The molecule has 3 rings (SSSR count). The molecule has 1 saturated carbocycles. The van der Waals surface area contributed by atoms with Crippen molar-refractivity contribution in [2.45, 2.75) is 39.7 Å². The van der Waals surface area contributed by atoms with E-state index >= 15 is 0 Å². The van der Waals surface area contributed by atoms with Crippen molar-refractivity contribution in [3.8, 4) is 5.69 Å². The van der Waals surface area contributed by atoms with Gasteiger partial charge in [0.15, 0.2) is 0 Å². The molecular formula is C18H23N3O. The summed E-state index contributed by atoms with van der Waals surface area (Å²) in [6.07, 6.45) is 2.49. The van der Waals surface area contributed by atoms with E-state index < -0.39 is 0 Å². The molecule has 1 heterocycles. The third kappa shape index (κ3) is 2.78. The number of aromatic nitrogens is 2. The van der Waals surface area contributed by atoms with Crippen LogP contribution in [0.15, 0.2) is 30.3 Å². The Bertz CT molecular complexity index is 683. The largest absolute Gasteiger partial charge is 0.339 e. The van der Waals surface area contributed by atoms with Crippen LogP contribution in [0.5, 0.6) is 0 Å². The van der Waals surface area contributed by atoms with Gasteiger partial charge in [-0.2, -0.15) is 5.10 Å². The Morgan fingerprint density at radius 1 is 1.27 bits per heavy atom. The zero-order valence-corrected chi connectivity index (χ0v) is 13.7. The maximum Gasteiger partial charge on any atom is 0.253 e. The molecule has 1 aliphatic carbocycles. The first-order valence-electron chi connectivity index (χ1n) is 7.88. The van der Waals surface area contributed by atoms with Crippen LogP contribution in [0.3, 0.4) is 0 Å². The normalized spacial score (nSPS) is 15.6. The molecule has 0 radical (unpaired) electrons. The highest BCUT2D eigenvalue weighted by atomic mass is 16.2. The molecule has 4 heteroatoms. The molecular weight excluding hydrogens is 274 g/mol. The van der Waals surface area contributed by atoms with Crippen molar-refractivity contribution in [3.63, 3.8) is 0 Å². The number of hydrogen-bond donors (Lipinski definition) is 0. The summed E-state index contributed by atoms with van der Waals surface area (Å²) in [4.78, 5) is 14.4. The Labute approximate surface area is 131 Å². The number of nitrogens with zero attached hydrogens (tertiary/aromatic N) is 3. The lowest BCUT2D eigenvalue weighted by Crippen LogP contribution is -2.36. The zero-order valence-electron chi connectivity index (χ0n) is 13.7. The van der Waals surface area contributed by atoms with Crippen molar-refractivity contribution in [1.82, 2.24) is 14.7 Å². The second-order valence-corrected chi connectivity index (χ2v) is 6.38. The lowest BCUT2D eigenvalue weighted by molar-refractivity contribution is 0.0727. The maximum absolute atomic E-state index is 12.5. The van der Waals surface area contributed by atoms with Crippen molar-refractivity contribution in [2.24, 2.45) is 5.92 Å². The monoisotopic (exact) mass is 297 g/mol. The molecule has 1 fully saturated rings. The number of amides is 1. The van der Waals surface area contributed by atoms with E-state index in [1.807, 2.05) is 60.8 Å². The smallest absolute Gasteiger partial charge is 0.253 e. The molecule has 2 aromatic rings. The number of hydrogen-bond acceptors (Lipinski definition) is 2. The highest BCUT2D eigenvalue weighted by Crippen LogP contribution is 2.35. The van der Waals surface area contributed by atoms with E-state index in [9.17, 15) is 4.79 Å². The molecule has 0 saturated heterocycles. The lowest BCUT2D eigenvalue weighted by atomic mass is 10.1. The van der Waals surface area contributed by atoms with Crippen LogP contribution in [0.1, 0.15) is 41.5 Å². The molecule has 0 spiro atoms. The summed E-state index contributed by atoms with van der Waals surface area (Å²) in [5.74, 6) is 0.780. The first kappa shape index (κ1) is 14.8. The summed E-state index contributed by atoms with van der Waals surface area (Å²) in [6.45, 7) is 6.15. The van der Waals surface area contributed by atoms with E-state index in [1.54, 1.807) is 0 Å². The van der Waals surface area contributed by atoms with Crippen LogP contribution in [-0.2, 0) is 0 Å². The van der Waals surface area contributed by atoms with E-state index in [2.05, 4.69) is 12.0 Å². The maximum atomic E-state index is 12.5. The van der Waals surface area contributed by atoms with Crippen molar-refractivity contribution in [1.29, 1.82) is 0 Å². The molecule has 0 unspecified atom stereocenters. The van der Waals surface area contributed by atoms with E-state index in [0.717, 1.165) is 22.6 Å². The van der Waals surface area contributed by atoms with Gasteiger partial charge in [-0.3, -0.25) is 4.79 Å². The first-order chi connectivity index (χ1) is 10.5. The highest BCUT2D eigenvalue weighted by molar-refractivity contribution is 5.94. The van der Waals surface area contributed by atoms with Gasteiger partial charge in [0, 0.05) is 24.3 Å². The molecule has 0 aliphatic heterocycles. The number of aryl methyl sites for hydroxylation is 2. The Morgan fingerprint density at radius 3 is 2.41 bits per heavy atom. The SMILES string of the molecule is Cc1cc(C)n(-c2ccc(C(=O)N(C)[C@@H](C)C3CC3)cc2)n1. The van der Waals surface area contributed by atoms with Crippen molar-refractivity contribution >= 4 is 5.91 Å². The van der Waals surface area contributed by atoms with Gasteiger partial charge in [0.25, 0.3) is 5.91 Å². The Kier molecular flexibility index (Phi) is 3.77. The van der Waals surface area contributed by atoms with E-state index in [4.69, 9.17) is 0 Å². The third-order valence-corrected chi connectivity index (χ3v) is 4.60. The molecule has 116 valence electrons. The standard InChI is InChI=1S/C18H23N3O/c1-12-11-13(2)21(19-12)17-9-7-16(8-10-17)18(22)20(4)14(3)15-5-6-15/h7-11,14-15H,5-6H2,1-4H3/t14-/m0/s1. The number of rotatable bonds is 4. The van der Waals surface area contributed by atoms with Gasteiger partial charge in [-0.05, 0) is 69.9 Å². The summed E-state index contributed by atoms with van der Waals surface area (Å²) in [5.41, 5.74) is 3.81. The fourth-order valence-corrected chi connectivity index (χ4v) is 2.92. The Morgan fingerprint density at radius 2 is 1.91 bits per heavy atom. The van der Waals surface area contributed by atoms with Crippen LogP contribution in [0, 0.1) is 19.8 Å². The first-order valence-corrected chi connectivity index (χ1v) is 7.88. The van der Waals surface area contributed by atoms with Crippen LogP contribution >= 0.6 is 0 Å². The van der Waals surface area contributed by atoms with Gasteiger partial charge in [-0.25, -0.2) is 4.68 Å². The van der Waals surface area contributed by atoms with Crippen LogP contribution in [-0.4, -0.2) is 33.7 Å². The zero-order chi connectivity index (χ0) is 15.9. The summed E-state index contributed by atoms with van der Waals surface area (Å²) in [5, 5.41) is 4.47. The van der Waals surface area contributed by atoms with Crippen LogP contribution in [0.2, 0.25) is 0 Å². The van der Waals surface area contributed by atoms with Crippen LogP contribution in [0.4, 0.5) is 0 Å². The lowest BCUT2D eigenvalue weighted by Gasteiger charge is -2.25. The highest BCUT2D eigenvalue weighted by Gasteiger charge is 2.32. The van der Waals surface area contributed by atoms with Crippen molar-refractivity contribution in [2.75, 3.05) is 7.05 Å². The molecule has 0 bridgehead atoms. The minimum Gasteiger partial charge on any atom is -0.339 e. The topological polar surface area (TPSA) is 38.1 Å². The predicted molar refractivity (Wildman–Crippen MR) is 87.3 cm³/mol. The molecule has 22 heavy (non-hydrogen) atoms. The van der Waals surface area contributed by atoms with Gasteiger partial charge in [-0.1, -0.05) is 0 Å². The van der Waals surface area contributed by atoms with Gasteiger partial charge >= 0.3 is 0 Å².